The van der Waals surface area contributed by atoms with Crippen LogP contribution in [-0.4, -0.2) is 73.9 Å². The van der Waals surface area contributed by atoms with Crippen LogP contribution in [-0.2, 0) is 32.6 Å². The number of nitrogens with one attached hydrogen (secondary N) is 2. The predicted molar refractivity (Wildman–Crippen MR) is 189 cm³/mol. The number of ether oxygens (including phenoxy) is 1. The van der Waals surface area contributed by atoms with Gasteiger partial charge in [0.15, 0.2) is 0 Å². The van der Waals surface area contributed by atoms with E-state index >= 15 is 0 Å². The highest BCUT2D eigenvalue weighted by Crippen LogP contribution is 2.61. The minimum absolute atomic E-state index is 0.0412. The molecule has 0 aromatic heterocycles. The lowest BCUT2D eigenvalue weighted by Gasteiger charge is -2.62. The molecule has 0 radical (unpaired) electrons. The highest BCUT2D eigenvalue weighted by atomic mass is 32.2. The first kappa shape index (κ1) is 35.3. The number of nitrogens with zero attached hydrogens (tertiary/aromatic N) is 1. The summed E-state index contributed by atoms with van der Waals surface area (Å²) in [4.78, 5) is 20.1. The maximum Gasteiger partial charge on any atom is 0.240 e. The van der Waals surface area contributed by atoms with E-state index in [1.165, 1.54) is 6.42 Å². The third-order valence-corrected chi connectivity index (χ3v) is 12.7. The molecule has 0 unspecified atom stereocenters. The molecule has 7 rings (SSSR count). The summed E-state index contributed by atoms with van der Waals surface area (Å²) >= 11 is 0. The predicted octanol–water partition coefficient (Wildman–Crippen LogP) is 4.62. The Balaban J connectivity index is 1.20. The molecule has 1 amide bonds. The zero-order chi connectivity index (χ0) is 34.9. The molecule has 4 aliphatic rings. The molecular formula is C38H49N3O7S. The van der Waals surface area contributed by atoms with Gasteiger partial charge in [-0.3, -0.25) is 14.4 Å². The lowest BCUT2D eigenvalue weighted by molar-refractivity contribution is -0.183. The largest absolute Gasteiger partial charge is 0.496 e. The van der Waals surface area contributed by atoms with Gasteiger partial charge < -0.3 is 20.3 Å². The van der Waals surface area contributed by atoms with Crippen molar-refractivity contribution in [1.29, 1.82) is 0 Å². The van der Waals surface area contributed by atoms with Crippen LogP contribution >= 0.6 is 0 Å². The van der Waals surface area contributed by atoms with Crippen LogP contribution in [0, 0.1) is 29.1 Å². The van der Waals surface area contributed by atoms with E-state index in [4.69, 9.17) is 9.57 Å². The van der Waals surface area contributed by atoms with Crippen LogP contribution in [0.3, 0.4) is 0 Å². The van der Waals surface area contributed by atoms with Gasteiger partial charge in [-0.2, -0.15) is 5.06 Å². The zero-order valence-electron chi connectivity index (χ0n) is 28.7. The fourth-order valence-corrected chi connectivity index (χ4v) is 9.51. The average Bonchev–Trinajstić information content (AvgIpc) is 3.45. The molecule has 3 saturated carbocycles. The van der Waals surface area contributed by atoms with Crippen LogP contribution in [0.1, 0.15) is 44.7 Å². The Bertz CT molecular complexity index is 1730. The minimum atomic E-state index is -3.61. The summed E-state index contributed by atoms with van der Waals surface area (Å²) in [7, 11) is -2.04. The Labute approximate surface area is 289 Å². The smallest absolute Gasteiger partial charge is 0.240 e. The number of anilines is 1. The number of benzene rings is 3. The Morgan fingerprint density at radius 1 is 1.02 bits per heavy atom. The summed E-state index contributed by atoms with van der Waals surface area (Å²) in [5.74, 6) is 1.13. The van der Waals surface area contributed by atoms with Crippen LogP contribution in [0.5, 0.6) is 5.75 Å². The van der Waals surface area contributed by atoms with Crippen molar-refractivity contribution in [3.8, 4) is 16.9 Å². The molecule has 2 bridgehead atoms. The lowest BCUT2D eigenvalue weighted by atomic mass is 9.45. The van der Waals surface area contributed by atoms with Crippen molar-refractivity contribution in [3.63, 3.8) is 0 Å². The first-order valence-electron chi connectivity index (χ1n) is 17.2. The van der Waals surface area contributed by atoms with Gasteiger partial charge in [-0.25, -0.2) is 8.42 Å². The minimum Gasteiger partial charge on any atom is -0.496 e. The number of carbonyl (C=O) groups excluding carboxylic acids is 1. The van der Waals surface area contributed by atoms with E-state index in [0.29, 0.717) is 35.6 Å². The van der Waals surface area contributed by atoms with Gasteiger partial charge >= 0.3 is 0 Å². The molecule has 4 fully saturated rings. The van der Waals surface area contributed by atoms with Gasteiger partial charge in [-0.1, -0.05) is 81.4 Å². The van der Waals surface area contributed by atoms with Crippen molar-refractivity contribution < 1.29 is 33.0 Å². The molecule has 4 N–H and O–H groups in total. The fraction of sp³-hybridized carbons (Fsp3) is 0.500. The number of rotatable bonds is 13. The van der Waals surface area contributed by atoms with E-state index in [-0.39, 0.29) is 42.9 Å². The fourth-order valence-electron chi connectivity index (χ4n) is 8.41. The molecule has 264 valence electrons. The second-order valence-corrected chi connectivity index (χ2v) is 16.3. The molecule has 1 heterocycles. The topological polar surface area (TPSA) is 137 Å². The van der Waals surface area contributed by atoms with Gasteiger partial charge in [0.25, 0.3) is 0 Å². The van der Waals surface area contributed by atoms with Crippen molar-refractivity contribution in [2.75, 3.05) is 30.8 Å². The van der Waals surface area contributed by atoms with Crippen LogP contribution in [0.15, 0.2) is 72.8 Å². The molecule has 7 atom stereocenters. The highest BCUT2D eigenvalue weighted by molar-refractivity contribution is 7.92. The summed E-state index contributed by atoms with van der Waals surface area (Å²) in [6.45, 7) is 6.37. The van der Waals surface area contributed by atoms with Crippen LogP contribution in [0.25, 0.3) is 11.1 Å². The number of para-hydroxylation sites is 1. The molecule has 11 heteroatoms. The Morgan fingerprint density at radius 2 is 1.78 bits per heavy atom. The van der Waals surface area contributed by atoms with Crippen molar-refractivity contribution in [2.45, 2.75) is 64.8 Å². The van der Waals surface area contributed by atoms with Crippen LogP contribution < -0.4 is 14.8 Å². The second kappa shape index (κ2) is 14.4. The van der Waals surface area contributed by atoms with Crippen molar-refractivity contribution >= 4 is 21.6 Å². The molecule has 1 saturated heterocycles. The summed E-state index contributed by atoms with van der Waals surface area (Å²) in [5.41, 5.74) is 3.88. The molecule has 3 aromatic carbocycles. The van der Waals surface area contributed by atoms with Gasteiger partial charge in [0.2, 0.25) is 15.9 Å². The molecule has 1 aliphatic heterocycles. The average molecular weight is 692 g/mol. The number of aryl methyl sites for hydroxylation is 1. The van der Waals surface area contributed by atoms with Crippen LogP contribution in [0.4, 0.5) is 5.69 Å². The van der Waals surface area contributed by atoms with Gasteiger partial charge in [0, 0.05) is 28.8 Å². The first-order chi connectivity index (χ1) is 23.5. The van der Waals surface area contributed by atoms with E-state index in [0.717, 1.165) is 28.7 Å². The van der Waals surface area contributed by atoms with E-state index in [9.17, 15) is 23.4 Å². The number of carbonyl (C=O) groups is 1. The van der Waals surface area contributed by atoms with Gasteiger partial charge in [0.1, 0.15) is 17.9 Å². The molecular weight excluding hydrogens is 642 g/mol. The molecule has 0 spiro atoms. The number of hydroxylamine groups is 2. The standard InChI is InChI=1S/C38H49N3O7S/c1-24-32-19-28(38(32,2)3)20-33(24)39-37(44)35-31(22-42)34(23-43)48-41(35)21-27-13-9-15-30(36(27)47-4)26-12-8-14-29(18-26)40-49(45,46)17-16-25-10-6-5-7-11-25/h5-15,18,24,28,31-35,40,42-43H,16-17,19-23H2,1-4H3,(H,39,44)/t24-,28+,31-,32+,33-,34-,35-/m0/s1. The summed E-state index contributed by atoms with van der Waals surface area (Å²) < 4.78 is 34.5. The Morgan fingerprint density at radius 3 is 2.45 bits per heavy atom. The van der Waals surface area contributed by atoms with E-state index in [2.05, 4.69) is 30.8 Å². The Kier molecular flexibility index (Phi) is 10.4. The molecule has 3 aromatic rings. The quantitative estimate of drug-likeness (QED) is 0.204. The number of aliphatic hydroxyl groups is 2. The molecule has 49 heavy (non-hydrogen) atoms. The van der Waals surface area contributed by atoms with Crippen molar-refractivity contribution in [3.05, 3.63) is 83.9 Å². The van der Waals surface area contributed by atoms with Gasteiger partial charge in [-0.15, -0.1) is 0 Å². The number of aliphatic hydroxyl groups excluding tert-OH is 2. The van der Waals surface area contributed by atoms with E-state index < -0.39 is 28.1 Å². The SMILES string of the molecule is COc1c(CN2O[C@@H](CO)[C@H](CO)[C@H]2C(=O)N[C@H]2C[C@H]3C[C@H]([C@@H]2C)C3(C)C)cccc1-c1cccc(NS(=O)(=O)CCc2ccccc2)c1. The normalized spacial score (nSPS) is 27.7. The number of sulfonamides is 1. The number of fused-ring (bicyclic) bond motifs is 2. The van der Waals surface area contributed by atoms with E-state index in [1.807, 2.05) is 54.6 Å². The van der Waals surface area contributed by atoms with E-state index in [1.54, 1.807) is 30.4 Å². The molecule has 10 nitrogen and oxygen atoms in total. The maximum atomic E-state index is 14.0. The molecule has 3 aliphatic carbocycles. The summed E-state index contributed by atoms with van der Waals surface area (Å²) in [6, 6.07) is 21.5. The third kappa shape index (κ3) is 7.23. The highest BCUT2D eigenvalue weighted by Gasteiger charge is 2.57. The van der Waals surface area contributed by atoms with Gasteiger partial charge in [0.05, 0.1) is 32.6 Å². The lowest BCUT2D eigenvalue weighted by Crippen LogP contribution is -2.62. The van der Waals surface area contributed by atoms with Crippen molar-refractivity contribution in [1.82, 2.24) is 10.4 Å². The second-order valence-electron chi connectivity index (χ2n) is 14.5. The van der Waals surface area contributed by atoms with Crippen molar-refractivity contribution in [2.24, 2.45) is 29.1 Å². The summed E-state index contributed by atoms with van der Waals surface area (Å²) in [6.07, 6.45) is 1.79. The Hall–Kier alpha value is -3.48. The summed E-state index contributed by atoms with van der Waals surface area (Å²) in [5, 5.41) is 25.4. The van der Waals surface area contributed by atoms with Gasteiger partial charge in [-0.05, 0) is 65.7 Å². The monoisotopic (exact) mass is 691 g/mol. The third-order valence-electron chi connectivity index (χ3n) is 11.4. The number of hydrogen-bond acceptors (Lipinski definition) is 8. The number of amides is 1. The zero-order valence-corrected chi connectivity index (χ0v) is 29.5. The van der Waals surface area contributed by atoms with Crippen LogP contribution in [0.2, 0.25) is 0 Å². The first-order valence-corrected chi connectivity index (χ1v) is 18.9. The number of hydrogen-bond donors (Lipinski definition) is 4. The maximum absolute atomic E-state index is 14.0. The number of methoxy groups -OCH3 is 1.